The van der Waals surface area contributed by atoms with Crippen LogP contribution in [0.5, 0.6) is 5.75 Å². The van der Waals surface area contributed by atoms with Gasteiger partial charge in [-0.3, -0.25) is 15.6 Å². The van der Waals surface area contributed by atoms with E-state index in [0.717, 1.165) is 55.5 Å². The smallest absolute Gasteiger partial charge is 0.320 e. The van der Waals surface area contributed by atoms with Crippen LogP contribution >= 0.6 is 0 Å². The summed E-state index contributed by atoms with van der Waals surface area (Å²) >= 11 is 0. The molecule has 0 radical (unpaired) electrons. The number of fused-ring (bicyclic) bond motifs is 1. The first-order valence-corrected chi connectivity index (χ1v) is 14.2. The summed E-state index contributed by atoms with van der Waals surface area (Å²) in [6, 6.07) is 3.94. The molecule has 1 atom stereocenters. The maximum atomic E-state index is 13.1. The van der Waals surface area contributed by atoms with Gasteiger partial charge in [0.1, 0.15) is 17.4 Å². The third-order valence-corrected chi connectivity index (χ3v) is 7.49. The van der Waals surface area contributed by atoms with Crippen molar-refractivity contribution in [3.05, 3.63) is 64.9 Å². The first-order chi connectivity index (χ1) is 19.2. The molecule has 3 heterocycles. The van der Waals surface area contributed by atoms with Crippen molar-refractivity contribution >= 4 is 23.6 Å². The van der Waals surface area contributed by atoms with Crippen LogP contribution in [0.25, 0.3) is 0 Å². The van der Waals surface area contributed by atoms with Crippen LogP contribution in [0.15, 0.2) is 48.2 Å². The Morgan fingerprint density at radius 3 is 2.42 bits per heavy atom. The number of ether oxygens (including phenoxy) is 1. The van der Waals surface area contributed by atoms with Crippen LogP contribution in [0.2, 0.25) is 0 Å². The SMILES string of the molecule is C=C(/C=C\C=C(/C)C(=N)N1C(=N)CCC1C)NC(=O)c1cc2c(cc1OC)CCN(C(=O)N1CCCC1)C2.CC. The van der Waals surface area contributed by atoms with Gasteiger partial charge in [-0.2, -0.15) is 0 Å². The van der Waals surface area contributed by atoms with Gasteiger partial charge in [-0.05, 0) is 74.4 Å². The largest absolute Gasteiger partial charge is 0.496 e. The van der Waals surface area contributed by atoms with Crippen LogP contribution in [0.4, 0.5) is 4.79 Å². The Labute approximate surface area is 238 Å². The molecule has 0 bridgehead atoms. The van der Waals surface area contributed by atoms with Crippen molar-refractivity contribution in [2.24, 2.45) is 0 Å². The molecule has 3 amide bonds. The number of hydrogen-bond donors (Lipinski definition) is 3. The molecule has 2 saturated heterocycles. The number of nitrogens with zero attached hydrogens (tertiary/aromatic N) is 3. The zero-order valence-electron chi connectivity index (χ0n) is 24.6. The minimum atomic E-state index is -0.338. The lowest BCUT2D eigenvalue weighted by atomic mass is 9.96. The highest BCUT2D eigenvalue weighted by atomic mass is 16.5. The average Bonchev–Trinajstić information content (AvgIpc) is 3.62. The number of carbonyl (C=O) groups excluding carboxylic acids is 2. The van der Waals surface area contributed by atoms with E-state index in [2.05, 4.69) is 11.9 Å². The lowest BCUT2D eigenvalue weighted by molar-refractivity contribution is 0.0964. The Morgan fingerprint density at radius 1 is 1.10 bits per heavy atom. The Hall–Kier alpha value is -3.88. The summed E-state index contributed by atoms with van der Waals surface area (Å²) in [5, 5.41) is 19.3. The predicted octanol–water partition coefficient (Wildman–Crippen LogP) is 5.48. The van der Waals surface area contributed by atoms with Crippen molar-refractivity contribution in [3.8, 4) is 5.75 Å². The molecule has 2 fully saturated rings. The molecular formula is C31H44N6O3. The fourth-order valence-electron chi connectivity index (χ4n) is 5.25. The number of amides is 3. The molecule has 1 aromatic carbocycles. The Balaban J connectivity index is 0.00000216. The summed E-state index contributed by atoms with van der Waals surface area (Å²) in [5.41, 5.74) is 3.56. The summed E-state index contributed by atoms with van der Waals surface area (Å²) in [6.07, 6.45) is 9.59. The van der Waals surface area contributed by atoms with Crippen molar-refractivity contribution in [2.45, 2.75) is 72.4 Å². The summed E-state index contributed by atoms with van der Waals surface area (Å²) in [6.45, 7) is 14.5. The molecule has 216 valence electrons. The number of likely N-dealkylation sites (tertiary alicyclic amines) is 2. The lowest BCUT2D eigenvalue weighted by Crippen LogP contribution is -2.44. The number of amidine groups is 2. The highest BCUT2D eigenvalue weighted by molar-refractivity contribution is 6.07. The van der Waals surface area contributed by atoms with E-state index in [0.29, 0.717) is 48.2 Å². The number of urea groups is 1. The van der Waals surface area contributed by atoms with E-state index in [4.69, 9.17) is 15.6 Å². The monoisotopic (exact) mass is 548 g/mol. The normalized spacial score (nSPS) is 18.8. The molecular weight excluding hydrogens is 504 g/mol. The molecule has 1 unspecified atom stereocenters. The molecule has 1 aromatic rings. The quantitative estimate of drug-likeness (QED) is 0.248. The van der Waals surface area contributed by atoms with Crippen LogP contribution in [-0.2, 0) is 13.0 Å². The van der Waals surface area contributed by atoms with Gasteiger partial charge in [0.15, 0.2) is 0 Å². The molecule has 40 heavy (non-hydrogen) atoms. The van der Waals surface area contributed by atoms with Gasteiger partial charge in [0.05, 0.1) is 12.7 Å². The van der Waals surface area contributed by atoms with Gasteiger partial charge in [0.25, 0.3) is 5.91 Å². The van der Waals surface area contributed by atoms with Gasteiger partial charge in [0.2, 0.25) is 0 Å². The molecule has 0 aliphatic carbocycles. The van der Waals surface area contributed by atoms with Crippen molar-refractivity contribution in [3.63, 3.8) is 0 Å². The van der Waals surface area contributed by atoms with Gasteiger partial charge in [-0.1, -0.05) is 32.6 Å². The Bertz CT molecular complexity index is 1210. The summed E-state index contributed by atoms with van der Waals surface area (Å²) in [4.78, 5) is 31.6. The summed E-state index contributed by atoms with van der Waals surface area (Å²) in [5.74, 6) is 0.938. The van der Waals surface area contributed by atoms with Gasteiger partial charge in [-0.15, -0.1) is 0 Å². The minimum absolute atomic E-state index is 0.0703. The standard InChI is InChI=1S/C29H38N6O3.C2H6/c1-19(27(31)35-21(3)10-11-26(35)30)8-7-9-20(2)32-28(36)24-16-23-18-34(29(37)33-13-5-6-14-33)15-12-22(23)17-25(24)38-4;1-2/h7-9,16-17,21,30-31H,2,5-6,10-15,18H2,1,3-4H3,(H,32,36);1-2H3/b9-7-,19-8+,30-26?,31-27?;. The number of allylic oxidation sites excluding steroid dienone is 3. The second-order valence-corrected chi connectivity index (χ2v) is 10.2. The Kier molecular flexibility index (Phi) is 10.7. The molecule has 9 heteroatoms. The first kappa shape index (κ1) is 30.7. The van der Waals surface area contributed by atoms with Crippen LogP contribution in [0, 0.1) is 10.8 Å². The van der Waals surface area contributed by atoms with E-state index < -0.39 is 0 Å². The van der Waals surface area contributed by atoms with Crippen molar-refractivity contribution in [1.29, 1.82) is 10.8 Å². The maximum Gasteiger partial charge on any atom is 0.320 e. The van der Waals surface area contributed by atoms with E-state index in [9.17, 15) is 9.59 Å². The average molecular weight is 549 g/mol. The van der Waals surface area contributed by atoms with Crippen molar-refractivity contribution in [2.75, 3.05) is 26.7 Å². The molecule has 9 nitrogen and oxygen atoms in total. The predicted molar refractivity (Wildman–Crippen MR) is 160 cm³/mol. The van der Waals surface area contributed by atoms with Crippen LogP contribution in [0.1, 0.15) is 74.9 Å². The minimum Gasteiger partial charge on any atom is -0.496 e. The lowest BCUT2D eigenvalue weighted by Gasteiger charge is -2.32. The van der Waals surface area contributed by atoms with Gasteiger partial charge < -0.3 is 24.8 Å². The third-order valence-electron chi connectivity index (χ3n) is 7.49. The van der Waals surface area contributed by atoms with E-state index in [1.54, 1.807) is 30.2 Å². The van der Waals surface area contributed by atoms with Crippen molar-refractivity contribution < 1.29 is 14.3 Å². The van der Waals surface area contributed by atoms with Crippen LogP contribution in [0.3, 0.4) is 0 Å². The number of rotatable bonds is 6. The second-order valence-electron chi connectivity index (χ2n) is 10.2. The molecule has 3 aliphatic rings. The molecule has 0 aromatic heterocycles. The number of benzene rings is 1. The van der Waals surface area contributed by atoms with Gasteiger partial charge in [-0.25, -0.2) is 4.79 Å². The molecule has 0 spiro atoms. The number of carbonyl (C=O) groups is 2. The van der Waals surface area contributed by atoms with E-state index in [1.165, 1.54) is 0 Å². The van der Waals surface area contributed by atoms with E-state index >= 15 is 0 Å². The number of hydrogen-bond acceptors (Lipinski definition) is 5. The number of nitrogens with one attached hydrogen (secondary N) is 3. The summed E-state index contributed by atoms with van der Waals surface area (Å²) in [7, 11) is 1.54. The highest BCUT2D eigenvalue weighted by Gasteiger charge is 2.29. The molecule has 0 saturated carbocycles. The van der Waals surface area contributed by atoms with Crippen LogP contribution < -0.4 is 10.1 Å². The third kappa shape index (κ3) is 7.00. The molecule has 3 N–H and O–H groups in total. The Morgan fingerprint density at radius 2 is 1.80 bits per heavy atom. The van der Waals surface area contributed by atoms with Crippen molar-refractivity contribution in [1.82, 2.24) is 20.0 Å². The topological polar surface area (TPSA) is 113 Å². The second kappa shape index (κ2) is 14.0. The zero-order chi connectivity index (χ0) is 29.4. The van der Waals surface area contributed by atoms with Gasteiger partial charge in [0, 0.05) is 44.3 Å². The molecule has 3 aliphatic heterocycles. The fourth-order valence-corrected chi connectivity index (χ4v) is 5.25. The van der Waals surface area contributed by atoms with Gasteiger partial charge >= 0.3 is 6.03 Å². The van der Waals surface area contributed by atoms with Crippen LogP contribution in [-0.4, -0.2) is 71.1 Å². The highest BCUT2D eigenvalue weighted by Crippen LogP contribution is 2.29. The first-order valence-electron chi connectivity index (χ1n) is 14.2. The zero-order valence-corrected chi connectivity index (χ0v) is 24.6. The van der Waals surface area contributed by atoms with E-state index in [1.807, 2.05) is 49.6 Å². The maximum absolute atomic E-state index is 13.1. The van der Waals surface area contributed by atoms with E-state index in [-0.39, 0.29) is 18.0 Å². The molecule has 4 rings (SSSR count). The number of methoxy groups -OCH3 is 1. The fraction of sp³-hybridized carbons (Fsp3) is 0.484. The summed E-state index contributed by atoms with van der Waals surface area (Å²) < 4.78 is 5.52.